The van der Waals surface area contributed by atoms with E-state index in [4.69, 9.17) is 25.8 Å². The quantitative estimate of drug-likeness (QED) is 0.219. The van der Waals surface area contributed by atoms with Crippen molar-refractivity contribution in [3.8, 4) is 0 Å². The lowest BCUT2D eigenvalue weighted by Gasteiger charge is -2.28. The molecule has 0 fully saturated rings. The van der Waals surface area contributed by atoms with Crippen LogP contribution in [-0.2, 0) is 33.4 Å². The third-order valence-corrected chi connectivity index (χ3v) is 5.08. The molecule has 0 saturated heterocycles. The lowest BCUT2D eigenvalue weighted by atomic mass is 9.85. The van der Waals surface area contributed by atoms with Crippen molar-refractivity contribution in [1.29, 1.82) is 0 Å². The summed E-state index contributed by atoms with van der Waals surface area (Å²) >= 11 is 5.75. The van der Waals surface area contributed by atoms with Crippen LogP contribution in [0.25, 0.3) is 0 Å². The average molecular weight is 510 g/mol. The maximum atomic E-state index is 13.1. The molecule has 0 spiro atoms. The summed E-state index contributed by atoms with van der Waals surface area (Å²) in [6.07, 6.45) is 0. The van der Waals surface area contributed by atoms with E-state index < -0.39 is 47.0 Å². The van der Waals surface area contributed by atoms with Gasteiger partial charge in [0.1, 0.15) is 10.9 Å². The standard InChI is InChI=1S/C22H24ClN3O9/c1-5-33-20(28)17-11(3)24-12(4)18(21(29)34-6-2)19(17)22(30)35-10-16(27)25-13-7-8-14(23)15(9-13)26(31)32/h7-9,19,24H,5-6,10H2,1-4H3,(H,25,27). The molecule has 0 radical (unpaired) electrons. The van der Waals surface area contributed by atoms with Crippen LogP contribution in [0.1, 0.15) is 27.7 Å². The van der Waals surface area contributed by atoms with Gasteiger partial charge in [-0.2, -0.15) is 0 Å². The van der Waals surface area contributed by atoms with Crippen LogP contribution in [0.15, 0.2) is 40.7 Å². The first-order valence-corrected chi connectivity index (χ1v) is 10.8. The predicted octanol–water partition coefficient (Wildman–Crippen LogP) is 2.62. The van der Waals surface area contributed by atoms with E-state index in [1.54, 1.807) is 13.8 Å². The van der Waals surface area contributed by atoms with Gasteiger partial charge in [0.25, 0.3) is 11.6 Å². The van der Waals surface area contributed by atoms with Crippen LogP contribution in [-0.4, -0.2) is 48.6 Å². The lowest BCUT2D eigenvalue weighted by Crippen LogP contribution is -2.39. The molecule has 1 aliphatic heterocycles. The Morgan fingerprint density at radius 2 is 1.57 bits per heavy atom. The van der Waals surface area contributed by atoms with Crippen LogP contribution in [0.3, 0.4) is 0 Å². The number of esters is 3. The molecule has 188 valence electrons. The van der Waals surface area contributed by atoms with Gasteiger partial charge in [0.15, 0.2) is 6.61 Å². The Balaban J connectivity index is 2.26. The second kappa shape index (κ2) is 12.0. The predicted molar refractivity (Wildman–Crippen MR) is 123 cm³/mol. The molecule has 1 heterocycles. The van der Waals surface area contributed by atoms with Crippen molar-refractivity contribution in [2.45, 2.75) is 27.7 Å². The summed E-state index contributed by atoms with van der Waals surface area (Å²) in [4.78, 5) is 60.9. The molecule has 0 bridgehead atoms. The summed E-state index contributed by atoms with van der Waals surface area (Å²) in [6, 6.07) is 3.61. The van der Waals surface area contributed by atoms with Crippen molar-refractivity contribution in [2.75, 3.05) is 25.1 Å². The molecule has 0 atom stereocenters. The van der Waals surface area contributed by atoms with Crippen LogP contribution >= 0.6 is 11.6 Å². The smallest absolute Gasteiger partial charge is 0.337 e. The Kier molecular flexibility index (Phi) is 9.34. The highest BCUT2D eigenvalue weighted by molar-refractivity contribution is 6.32. The number of nitrogens with zero attached hydrogens (tertiary/aromatic N) is 1. The van der Waals surface area contributed by atoms with Gasteiger partial charge in [0.2, 0.25) is 0 Å². The van der Waals surface area contributed by atoms with Crippen molar-refractivity contribution in [2.24, 2.45) is 5.92 Å². The highest BCUT2D eigenvalue weighted by Crippen LogP contribution is 2.33. The molecule has 13 heteroatoms. The van der Waals surface area contributed by atoms with Crippen molar-refractivity contribution < 1.29 is 38.3 Å². The minimum atomic E-state index is -1.50. The highest BCUT2D eigenvalue weighted by Gasteiger charge is 2.42. The maximum Gasteiger partial charge on any atom is 0.337 e. The number of benzene rings is 1. The van der Waals surface area contributed by atoms with Gasteiger partial charge in [0, 0.05) is 23.1 Å². The van der Waals surface area contributed by atoms with Crippen LogP contribution < -0.4 is 10.6 Å². The summed E-state index contributed by atoms with van der Waals surface area (Å²) < 4.78 is 15.2. The number of nitrogens with one attached hydrogen (secondary N) is 2. The zero-order valence-electron chi connectivity index (χ0n) is 19.4. The first kappa shape index (κ1) is 27.3. The van der Waals surface area contributed by atoms with Crippen molar-refractivity contribution >= 4 is 46.8 Å². The number of allylic oxidation sites excluding steroid dienone is 2. The number of hydrogen-bond acceptors (Lipinski definition) is 10. The molecule has 12 nitrogen and oxygen atoms in total. The van der Waals surface area contributed by atoms with Gasteiger partial charge in [-0.25, -0.2) is 9.59 Å². The minimum Gasteiger partial charge on any atom is -0.463 e. The van der Waals surface area contributed by atoms with E-state index in [1.165, 1.54) is 26.0 Å². The maximum absolute atomic E-state index is 13.1. The Hall–Kier alpha value is -3.93. The van der Waals surface area contributed by atoms with Gasteiger partial charge < -0.3 is 24.8 Å². The van der Waals surface area contributed by atoms with E-state index in [-0.39, 0.29) is 46.5 Å². The molecule has 35 heavy (non-hydrogen) atoms. The molecular formula is C22H24ClN3O9. The number of carbonyl (C=O) groups excluding carboxylic acids is 4. The number of halogens is 1. The van der Waals surface area contributed by atoms with Crippen molar-refractivity contribution in [1.82, 2.24) is 5.32 Å². The van der Waals surface area contributed by atoms with E-state index in [0.29, 0.717) is 0 Å². The van der Waals surface area contributed by atoms with Gasteiger partial charge in [0.05, 0.1) is 29.3 Å². The van der Waals surface area contributed by atoms with Gasteiger partial charge >= 0.3 is 17.9 Å². The Morgan fingerprint density at radius 3 is 2.06 bits per heavy atom. The largest absolute Gasteiger partial charge is 0.463 e. The molecule has 0 aromatic heterocycles. The Morgan fingerprint density at radius 1 is 1.03 bits per heavy atom. The van der Waals surface area contributed by atoms with Crippen molar-refractivity contribution in [3.05, 3.63) is 55.9 Å². The van der Waals surface area contributed by atoms with Gasteiger partial charge in [-0.1, -0.05) is 11.6 Å². The summed E-state index contributed by atoms with van der Waals surface area (Å²) in [5.74, 6) is -5.06. The summed E-state index contributed by atoms with van der Waals surface area (Å²) in [5, 5.41) is 16.1. The van der Waals surface area contributed by atoms with Crippen LogP contribution in [0, 0.1) is 16.0 Å². The molecule has 2 rings (SSSR count). The van der Waals surface area contributed by atoms with E-state index in [2.05, 4.69) is 10.6 Å². The number of anilines is 1. The highest BCUT2D eigenvalue weighted by atomic mass is 35.5. The molecule has 0 aliphatic carbocycles. The molecular weight excluding hydrogens is 486 g/mol. The van der Waals surface area contributed by atoms with Gasteiger partial charge in [-0.3, -0.25) is 19.7 Å². The summed E-state index contributed by atoms with van der Waals surface area (Å²) in [5.41, 5.74) is -0.133. The third kappa shape index (κ3) is 6.57. The first-order chi connectivity index (χ1) is 16.5. The number of nitro groups is 1. The lowest BCUT2D eigenvalue weighted by molar-refractivity contribution is -0.384. The summed E-state index contributed by atoms with van der Waals surface area (Å²) in [6.45, 7) is 5.45. The second-order valence-corrected chi connectivity index (χ2v) is 7.56. The molecule has 0 saturated carbocycles. The number of rotatable bonds is 9. The molecule has 0 unspecified atom stereocenters. The zero-order chi connectivity index (χ0) is 26.3. The Labute approximate surface area is 205 Å². The monoisotopic (exact) mass is 509 g/mol. The van der Waals surface area contributed by atoms with E-state index >= 15 is 0 Å². The van der Waals surface area contributed by atoms with Crippen LogP contribution in [0.5, 0.6) is 0 Å². The fraction of sp³-hybridized carbons (Fsp3) is 0.364. The number of hydrogen-bond donors (Lipinski definition) is 2. The molecule has 1 aliphatic rings. The minimum absolute atomic E-state index is 0.0183. The normalized spacial score (nSPS) is 13.6. The molecule has 1 amide bonds. The molecule has 1 aromatic rings. The number of nitro benzene ring substituents is 1. The Bertz CT molecular complexity index is 1090. The van der Waals surface area contributed by atoms with Crippen LogP contribution in [0.2, 0.25) is 5.02 Å². The number of carbonyl (C=O) groups is 4. The van der Waals surface area contributed by atoms with Crippen molar-refractivity contribution in [3.63, 3.8) is 0 Å². The fourth-order valence-corrected chi connectivity index (χ4v) is 3.52. The third-order valence-electron chi connectivity index (χ3n) is 4.76. The van der Waals surface area contributed by atoms with E-state index in [1.807, 2.05) is 0 Å². The SMILES string of the molecule is CCOC(=O)C1=C(C)NC(C)=C(C(=O)OCC)C1C(=O)OCC(=O)Nc1ccc(Cl)c([N+](=O)[O-])c1. The second-order valence-electron chi connectivity index (χ2n) is 7.16. The fourth-order valence-electron chi connectivity index (χ4n) is 3.34. The van der Waals surface area contributed by atoms with E-state index in [0.717, 1.165) is 6.07 Å². The topological polar surface area (TPSA) is 163 Å². The number of dihydropyridines is 1. The number of amides is 1. The van der Waals surface area contributed by atoms with E-state index in [9.17, 15) is 29.3 Å². The van der Waals surface area contributed by atoms with Crippen LogP contribution in [0.4, 0.5) is 11.4 Å². The van der Waals surface area contributed by atoms with Gasteiger partial charge in [-0.15, -0.1) is 0 Å². The van der Waals surface area contributed by atoms with Gasteiger partial charge in [-0.05, 0) is 39.8 Å². The number of ether oxygens (including phenoxy) is 3. The molecule has 2 N–H and O–H groups in total. The average Bonchev–Trinajstić information content (AvgIpc) is 2.78. The first-order valence-electron chi connectivity index (χ1n) is 10.4. The zero-order valence-corrected chi connectivity index (χ0v) is 20.2. The molecule has 1 aromatic carbocycles. The summed E-state index contributed by atoms with van der Waals surface area (Å²) in [7, 11) is 0.